The van der Waals surface area contributed by atoms with E-state index >= 15 is 0 Å². The van der Waals surface area contributed by atoms with E-state index < -0.39 is 10.0 Å². The van der Waals surface area contributed by atoms with E-state index in [0.29, 0.717) is 24.0 Å². The van der Waals surface area contributed by atoms with Crippen LogP contribution in [0.4, 0.5) is 5.69 Å². The molecule has 1 aliphatic heterocycles. The van der Waals surface area contributed by atoms with Gasteiger partial charge in [-0.05, 0) is 55.5 Å². The number of anilines is 1. The summed E-state index contributed by atoms with van der Waals surface area (Å²) in [4.78, 5) is 0.332. The lowest BCUT2D eigenvalue weighted by molar-refractivity contribution is 0.326. The minimum atomic E-state index is -3.49. The van der Waals surface area contributed by atoms with Crippen LogP contribution in [0.2, 0.25) is 0 Å². The number of nitrogens with one attached hydrogen (secondary N) is 2. The fourth-order valence-electron chi connectivity index (χ4n) is 4.39. The SMILES string of the molecule is CCCNS(=O)(=O)c1ccc2c(c1)C1C=CCC1C(c1ccccc1OCC)N2. The normalized spacial score (nSPS) is 22.6. The van der Waals surface area contributed by atoms with Gasteiger partial charge in [-0.3, -0.25) is 0 Å². The Kier molecular flexibility index (Phi) is 5.65. The second-order valence-electron chi connectivity index (χ2n) is 7.59. The van der Waals surface area contributed by atoms with Crippen molar-refractivity contribution in [1.82, 2.24) is 4.72 Å². The van der Waals surface area contributed by atoms with E-state index in [9.17, 15) is 8.42 Å². The first-order valence-corrected chi connectivity index (χ1v) is 11.8. The highest BCUT2D eigenvalue weighted by molar-refractivity contribution is 7.89. The summed E-state index contributed by atoms with van der Waals surface area (Å²) in [5.41, 5.74) is 3.19. The van der Waals surface area contributed by atoms with Crippen molar-refractivity contribution in [3.8, 4) is 5.75 Å². The number of benzene rings is 2. The highest BCUT2D eigenvalue weighted by Crippen LogP contribution is 2.51. The van der Waals surface area contributed by atoms with Gasteiger partial charge < -0.3 is 10.1 Å². The molecule has 0 amide bonds. The first kappa shape index (κ1) is 20.0. The molecule has 2 N–H and O–H groups in total. The van der Waals surface area contributed by atoms with Crippen LogP contribution in [0.25, 0.3) is 0 Å². The van der Waals surface area contributed by atoms with Crippen molar-refractivity contribution < 1.29 is 13.2 Å². The first-order chi connectivity index (χ1) is 14.0. The standard InChI is InChI=1S/C23H28N2O3S/c1-3-14-24-29(26,27)16-12-13-21-20(15-16)17-9-7-10-18(17)23(25-21)19-8-5-6-11-22(19)28-4-2/h5-9,11-13,15,17-18,23-25H,3-4,10,14H2,1-2H3. The number of fused-ring (bicyclic) bond motifs is 3. The maximum Gasteiger partial charge on any atom is 0.240 e. The molecule has 5 nitrogen and oxygen atoms in total. The highest BCUT2D eigenvalue weighted by Gasteiger charge is 2.39. The molecule has 0 radical (unpaired) electrons. The predicted molar refractivity (Wildman–Crippen MR) is 116 cm³/mol. The van der Waals surface area contributed by atoms with Crippen LogP contribution in [-0.2, 0) is 10.0 Å². The maximum atomic E-state index is 12.6. The van der Waals surface area contributed by atoms with Crippen molar-refractivity contribution in [3.05, 3.63) is 65.7 Å². The second-order valence-corrected chi connectivity index (χ2v) is 9.36. The Morgan fingerprint density at radius 3 is 2.76 bits per heavy atom. The summed E-state index contributed by atoms with van der Waals surface area (Å²) in [5, 5.41) is 3.67. The molecule has 1 heterocycles. The van der Waals surface area contributed by atoms with Gasteiger partial charge in [-0.25, -0.2) is 13.1 Å². The summed E-state index contributed by atoms with van der Waals surface area (Å²) in [6.07, 6.45) is 6.14. The van der Waals surface area contributed by atoms with E-state index in [0.717, 1.165) is 35.4 Å². The predicted octanol–water partition coefficient (Wildman–Crippen LogP) is 4.60. The number of para-hydroxylation sites is 1. The molecule has 3 unspecified atom stereocenters. The van der Waals surface area contributed by atoms with Gasteiger partial charge in [0.25, 0.3) is 0 Å². The summed E-state index contributed by atoms with van der Waals surface area (Å²) in [6, 6.07) is 13.7. The van der Waals surface area contributed by atoms with E-state index in [2.05, 4.69) is 28.3 Å². The number of allylic oxidation sites excluding steroid dienone is 2. The highest BCUT2D eigenvalue weighted by atomic mass is 32.2. The van der Waals surface area contributed by atoms with Gasteiger partial charge >= 0.3 is 0 Å². The average molecular weight is 413 g/mol. The zero-order valence-electron chi connectivity index (χ0n) is 16.9. The van der Waals surface area contributed by atoms with Crippen LogP contribution in [0.15, 0.2) is 59.5 Å². The number of sulfonamides is 1. The molecule has 154 valence electrons. The Bertz CT molecular complexity index is 1020. The Labute approximate surface area is 173 Å². The minimum absolute atomic E-state index is 0.117. The molecule has 2 aliphatic rings. The molecule has 0 bridgehead atoms. The molecule has 29 heavy (non-hydrogen) atoms. The van der Waals surface area contributed by atoms with Gasteiger partial charge in [-0.2, -0.15) is 0 Å². The lowest BCUT2D eigenvalue weighted by Crippen LogP contribution is -2.30. The largest absolute Gasteiger partial charge is 0.494 e. The quantitative estimate of drug-likeness (QED) is 0.652. The summed E-state index contributed by atoms with van der Waals surface area (Å²) in [7, 11) is -3.49. The van der Waals surface area contributed by atoms with Gasteiger partial charge in [-0.15, -0.1) is 0 Å². The van der Waals surface area contributed by atoms with E-state index in [1.807, 2.05) is 44.2 Å². The Morgan fingerprint density at radius 2 is 1.97 bits per heavy atom. The molecule has 4 rings (SSSR count). The molecule has 0 saturated carbocycles. The van der Waals surface area contributed by atoms with Gasteiger partial charge in [0.15, 0.2) is 0 Å². The third-order valence-corrected chi connectivity index (χ3v) is 7.20. The molecular weight excluding hydrogens is 384 g/mol. The summed E-state index contributed by atoms with van der Waals surface area (Å²) >= 11 is 0. The van der Waals surface area contributed by atoms with Gasteiger partial charge in [0.2, 0.25) is 10.0 Å². The number of rotatable bonds is 7. The summed E-state index contributed by atoms with van der Waals surface area (Å²) < 4.78 is 33.8. The van der Waals surface area contributed by atoms with Crippen molar-refractivity contribution in [1.29, 1.82) is 0 Å². The van der Waals surface area contributed by atoms with Gasteiger partial charge in [-0.1, -0.05) is 37.3 Å². The molecule has 3 atom stereocenters. The zero-order valence-corrected chi connectivity index (χ0v) is 17.7. The van der Waals surface area contributed by atoms with Gasteiger partial charge in [0, 0.05) is 23.7 Å². The van der Waals surface area contributed by atoms with Crippen LogP contribution in [0.3, 0.4) is 0 Å². The van der Waals surface area contributed by atoms with E-state index in [-0.39, 0.29) is 12.0 Å². The summed E-state index contributed by atoms with van der Waals surface area (Å²) in [5.74, 6) is 1.42. The van der Waals surface area contributed by atoms with Gasteiger partial charge in [0.1, 0.15) is 5.75 Å². The average Bonchev–Trinajstić information content (AvgIpc) is 3.22. The number of ether oxygens (including phenoxy) is 1. The van der Waals surface area contributed by atoms with Crippen LogP contribution >= 0.6 is 0 Å². The Balaban J connectivity index is 1.72. The first-order valence-electron chi connectivity index (χ1n) is 10.3. The molecule has 6 heteroatoms. The molecule has 0 spiro atoms. The minimum Gasteiger partial charge on any atom is -0.494 e. The van der Waals surface area contributed by atoms with Gasteiger partial charge in [0.05, 0.1) is 17.5 Å². The number of hydrogen-bond acceptors (Lipinski definition) is 4. The van der Waals surface area contributed by atoms with Crippen molar-refractivity contribution >= 4 is 15.7 Å². The molecule has 2 aromatic rings. The monoisotopic (exact) mass is 412 g/mol. The molecule has 2 aromatic carbocycles. The molecule has 0 aromatic heterocycles. The maximum absolute atomic E-state index is 12.6. The van der Waals surface area contributed by atoms with Crippen molar-refractivity contribution in [3.63, 3.8) is 0 Å². The third-order valence-electron chi connectivity index (χ3n) is 5.74. The summed E-state index contributed by atoms with van der Waals surface area (Å²) in [6.45, 7) is 5.01. The van der Waals surface area contributed by atoms with Crippen LogP contribution in [0.5, 0.6) is 5.75 Å². The smallest absolute Gasteiger partial charge is 0.240 e. The number of hydrogen-bond donors (Lipinski definition) is 2. The zero-order chi connectivity index (χ0) is 20.4. The molecule has 0 saturated heterocycles. The molecule has 0 fully saturated rings. The lowest BCUT2D eigenvalue weighted by atomic mass is 9.77. The fraction of sp³-hybridized carbons (Fsp3) is 0.391. The van der Waals surface area contributed by atoms with Crippen LogP contribution < -0.4 is 14.8 Å². The van der Waals surface area contributed by atoms with E-state index in [1.165, 1.54) is 0 Å². The molecule has 1 aliphatic carbocycles. The topological polar surface area (TPSA) is 67.4 Å². The van der Waals surface area contributed by atoms with Crippen LogP contribution in [0.1, 0.15) is 49.8 Å². The Hall–Kier alpha value is -2.31. The van der Waals surface area contributed by atoms with Crippen molar-refractivity contribution in [2.75, 3.05) is 18.5 Å². The van der Waals surface area contributed by atoms with E-state index in [4.69, 9.17) is 4.74 Å². The lowest BCUT2D eigenvalue weighted by Gasteiger charge is -2.38. The van der Waals surface area contributed by atoms with Crippen molar-refractivity contribution in [2.24, 2.45) is 5.92 Å². The Morgan fingerprint density at radius 1 is 1.14 bits per heavy atom. The fourth-order valence-corrected chi connectivity index (χ4v) is 5.56. The van der Waals surface area contributed by atoms with Crippen molar-refractivity contribution in [2.45, 2.75) is 43.5 Å². The third kappa shape index (κ3) is 3.79. The van der Waals surface area contributed by atoms with Crippen LogP contribution in [-0.4, -0.2) is 21.6 Å². The second kappa shape index (κ2) is 8.20. The van der Waals surface area contributed by atoms with E-state index in [1.54, 1.807) is 6.07 Å². The van der Waals surface area contributed by atoms with Crippen LogP contribution in [0, 0.1) is 5.92 Å². The molecular formula is C23H28N2O3S.